The van der Waals surface area contributed by atoms with Gasteiger partial charge in [0.25, 0.3) is 5.91 Å². The number of carbonyl (C=O) groups excluding carboxylic acids is 1. The SMILES string of the molecule is COCCOc1ccn2c(C(=O)Nc3cccc4c3cnn4Cc3ccc(F)cc3F)cnc2c1. The van der Waals surface area contributed by atoms with Gasteiger partial charge in [0.15, 0.2) is 0 Å². The maximum atomic E-state index is 14.1. The van der Waals surface area contributed by atoms with Crippen LogP contribution in [0.5, 0.6) is 5.75 Å². The van der Waals surface area contributed by atoms with Crippen LogP contribution in [0.25, 0.3) is 16.6 Å². The molecular formula is C25H21F2N5O3. The Morgan fingerprint density at radius 1 is 1.09 bits per heavy atom. The van der Waals surface area contributed by atoms with E-state index >= 15 is 0 Å². The number of pyridine rings is 1. The Hall–Kier alpha value is -4.31. The van der Waals surface area contributed by atoms with Crippen LogP contribution >= 0.6 is 0 Å². The minimum Gasteiger partial charge on any atom is -0.491 e. The van der Waals surface area contributed by atoms with Crippen molar-refractivity contribution in [2.45, 2.75) is 6.54 Å². The van der Waals surface area contributed by atoms with E-state index in [4.69, 9.17) is 9.47 Å². The van der Waals surface area contributed by atoms with E-state index in [2.05, 4.69) is 15.4 Å². The van der Waals surface area contributed by atoms with Crippen LogP contribution in [-0.2, 0) is 11.3 Å². The summed E-state index contributed by atoms with van der Waals surface area (Å²) in [6.45, 7) is 0.996. The molecule has 1 amide bonds. The minimum absolute atomic E-state index is 0.120. The van der Waals surface area contributed by atoms with Crippen LogP contribution in [0.1, 0.15) is 16.1 Å². The molecule has 0 aliphatic carbocycles. The molecule has 10 heteroatoms. The van der Waals surface area contributed by atoms with Crippen LogP contribution in [0.2, 0.25) is 0 Å². The fourth-order valence-corrected chi connectivity index (χ4v) is 3.80. The zero-order chi connectivity index (χ0) is 24.4. The molecule has 3 heterocycles. The van der Waals surface area contributed by atoms with Gasteiger partial charge in [-0.05, 0) is 24.3 Å². The number of imidazole rings is 1. The summed E-state index contributed by atoms with van der Waals surface area (Å²) in [7, 11) is 1.60. The normalized spacial score (nSPS) is 11.3. The number of hydrogen-bond acceptors (Lipinski definition) is 5. The second-order valence-electron chi connectivity index (χ2n) is 7.81. The number of amides is 1. The van der Waals surface area contributed by atoms with Crippen LogP contribution in [-0.4, -0.2) is 45.4 Å². The van der Waals surface area contributed by atoms with Gasteiger partial charge in [0.2, 0.25) is 0 Å². The van der Waals surface area contributed by atoms with Gasteiger partial charge in [0.1, 0.15) is 35.3 Å². The first-order chi connectivity index (χ1) is 17.0. The molecule has 178 valence electrons. The van der Waals surface area contributed by atoms with Crippen molar-refractivity contribution in [3.63, 3.8) is 0 Å². The zero-order valence-corrected chi connectivity index (χ0v) is 18.7. The molecular weight excluding hydrogens is 456 g/mol. The number of nitrogens with one attached hydrogen (secondary N) is 1. The van der Waals surface area contributed by atoms with Crippen molar-refractivity contribution in [1.29, 1.82) is 0 Å². The number of methoxy groups -OCH3 is 1. The third kappa shape index (κ3) is 4.56. The van der Waals surface area contributed by atoms with Crippen molar-refractivity contribution >= 4 is 28.1 Å². The smallest absolute Gasteiger partial charge is 0.274 e. The van der Waals surface area contributed by atoms with E-state index in [0.717, 1.165) is 6.07 Å². The van der Waals surface area contributed by atoms with Gasteiger partial charge < -0.3 is 14.8 Å². The maximum Gasteiger partial charge on any atom is 0.274 e. The lowest BCUT2D eigenvalue weighted by molar-refractivity contribution is 0.102. The van der Waals surface area contributed by atoms with Gasteiger partial charge in [-0.25, -0.2) is 13.8 Å². The first-order valence-corrected chi connectivity index (χ1v) is 10.8. The first kappa shape index (κ1) is 22.5. The molecule has 0 aliphatic rings. The Balaban J connectivity index is 1.38. The monoisotopic (exact) mass is 477 g/mol. The molecule has 3 aromatic heterocycles. The Bertz CT molecular complexity index is 1530. The van der Waals surface area contributed by atoms with Gasteiger partial charge in [-0.2, -0.15) is 5.10 Å². The summed E-state index contributed by atoms with van der Waals surface area (Å²) in [5, 5.41) is 7.93. The summed E-state index contributed by atoms with van der Waals surface area (Å²) < 4.78 is 41.2. The van der Waals surface area contributed by atoms with E-state index in [-0.39, 0.29) is 12.5 Å². The van der Waals surface area contributed by atoms with Gasteiger partial charge >= 0.3 is 0 Å². The minimum atomic E-state index is -0.641. The first-order valence-electron chi connectivity index (χ1n) is 10.8. The van der Waals surface area contributed by atoms with Crippen molar-refractivity contribution in [1.82, 2.24) is 19.2 Å². The highest BCUT2D eigenvalue weighted by Crippen LogP contribution is 2.25. The average molecular weight is 477 g/mol. The Morgan fingerprint density at radius 2 is 1.97 bits per heavy atom. The van der Waals surface area contributed by atoms with E-state index in [1.807, 2.05) is 6.07 Å². The second kappa shape index (κ2) is 9.51. The third-order valence-corrected chi connectivity index (χ3v) is 5.54. The highest BCUT2D eigenvalue weighted by molar-refractivity contribution is 6.08. The van der Waals surface area contributed by atoms with Crippen LogP contribution in [0.3, 0.4) is 0 Å². The summed E-state index contributed by atoms with van der Waals surface area (Å²) in [6.07, 6.45) is 4.81. The molecule has 0 aliphatic heterocycles. The highest BCUT2D eigenvalue weighted by Gasteiger charge is 2.16. The lowest BCUT2D eigenvalue weighted by Gasteiger charge is -2.09. The fourth-order valence-electron chi connectivity index (χ4n) is 3.80. The molecule has 0 atom stereocenters. The predicted molar refractivity (Wildman–Crippen MR) is 126 cm³/mol. The van der Waals surface area contributed by atoms with Crippen molar-refractivity contribution in [2.24, 2.45) is 0 Å². The molecule has 0 spiro atoms. The lowest BCUT2D eigenvalue weighted by atomic mass is 10.2. The number of ether oxygens (including phenoxy) is 2. The Labute approximate surface area is 198 Å². The van der Waals surface area contributed by atoms with E-state index < -0.39 is 11.6 Å². The molecule has 2 aromatic carbocycles. The molecule has 5 rings (SSSR count). The Morgan fingerprint density at radius 3 is 2.80 bits per heavy atom. The summed E-state index contributed by atoms with van der Waals surface area (Å²) in [5.41, 5.74) is 2.47. The van der Waals surface area contributed by atoms with Crippen LogP contribution in [0, 0.1) is 11.6 Å². The number of aromatic nitrogens is 4. The van der Waals surface area contributed by atoms with Crippen molar-refractivity contribution < 1.29 is 23.0 Å². The summed E-state index contributed by atoms with van der Waals surface area (Å²) in [6, 6.07) is 12.3. The van der Waals surface area contributed by atoms with Gasteiger partial charge in [-0.1, -0.05) is 12.1 Å². The van der Waals surface area contributed by atoms with Crippen molar-refractivity contribution in [2.75, 3.05) is 25.6 Å². The highest BCUT2D eigenvalue weighted by atomic mass is 19.1. The van der Waals surface area contributed by atoms with Gasteiger partial charge in [-0.3, -0.25) is 13.9 Å². The molecule has 1 N–H and O–H groups in total. The lowest BCUT2D eigenvalue weighted by Crippen LogP contribution is -2.14. The van der Waals surface area contributed by atoms with E-state index in [0.29, 0.717) is 52.5 Å². The fraction of sp³-hybridized carbons (Fsp3) is 0.160. The molecule has 0 saturated heterocycles. The standard InChI is InChI=1S/C25H21F2N5O3/c1-34-9-10-35-18-7-8-31-23(14-28-24(31)12-18)25(33)30-21-3-2-4-22-19(21)13-29-32(22)15-16-5-6-17(26)11-20(16)27/h2-8,11-14H,9-10,15H2,1H3,(H,30,33). The molecule has 0 saturated carbocycles. The van der Waals surface area contributed by atoms with Gasteiger partial charge in [-0.15, -0.1) is 0 Å². The maximum absolute atomic E-state index is 14.1. The van der Waals surface area contributed by atoms with Crippen LogP contribution in [0.15, 0.2) is 67.1 Å². The van der Waals surface area contributed by atoms with Crippen LogP contribution in [0.4, 0.5) is 14.5 Å². The van der Waals surface area contributed by atoms with E-state index in [9.17, 15) is 13.6 Å². The van der Waals surface area contributed by atoms with Crippen LogP contribution < -0.4 is 10.1 Å². The Kier molecular flexibility index (Phi) is 6.11. The number of nitrogens with zero attached hydrogens (tertiary/aromatic N) is 4. The molecule has 0 radical (unpaired) electrons. The van der Waals surface area contributed by atoms with Crippen molar-refractivity contribution in [3.8, 4) is 5.75 Å². The number of hydrogen-bond donors (Lipinski definition) is 1. The summed E-state index contributed by atoms with van der Waals surface area (Å²) in [5.74, 6) is -1.00. The second-order valence-corrected chi connectivity index (χ2v) is 7.81. The van der Waals surface area contributed by atoms with Crippen molar-refractivity contribution in [3.05, 3.63) is 90.0 Å². The third-order valence-electron chi connectivity index (χ3n) is 5.54. The van der Waals surface area contributed by atoms with Gasteiger partial charge in [0, 0.05) is 36.4 Å². The number of benzene rings is 2. The number of anilines is 1. The summed E-state index contributed by atoms with van der Waals surface area (Å²) >= 11 is 0. The largest absolute Gasteiger partial charge is 0.491 e. The van der Waals surface area contributed by atoms with E-state index in [1.165, 1.54) is 18.3 Å². The summed E-state index contributed by atoms with van der Waals surface area (Å²) in [4.78, 5) is 17.4. The zero-order valence-electron chi connectivity index (χ0n) is 18.7. The topological polar surface area (TPSA) is 82.7 Å². The van der Waals surface area contributed by atoms with E-state index in [1.54, 1.807) is 52.9 Å². The molecule has 0 unspecified atom stereocenters. The number of fused-ring (bicyclic) bond motifs is 2. The van der Waals surface area contributed by atoms with Gasteiger partial charge in [0.05, 0.1) is 36.7 Å². The molecule has 5 aromatic rings. The molecule has 0 fully saturated rings. The number of halogens is 2. The number of rotatable bonds is 8. The molecule has 8 nitrogen and oxygen atoms in total. The molecule has 0 bridgehead atoms. The predicted octanol–water partition coefficient (Wildman–Crippen LogP) is 4.29. The molecule has 35 heavy (non-hydrogen) atoms. The number of carbonyl (C=O) groups is 1. The average Bonchev–Trinajstić information content (AvgIpc) is 3.46. The quantitative estimate of drug-likeness (QED) is 0.337.